The lowest BCUT2D eigenvalue weighted by Gasteiger charge is -2.34. The number of hydrogen-bond donors (Lipinski definition) is 0. The molecule has 0 atom stereocenters. The maximum Gasteiger partial charge on any atom is 0.426 e. The monoisotopic (exact) mass is 335 g/mol. The summed E-state index contributed by atoms with van der Waals surface area (Å²) in [5.41, 5.74) is 9.51. The number of carbonyl (C=O) groups is 2. The van der Waals surface area contributed by atoms with Crippen molar-refractivity contribution in [3.05, 3.63) is 77.3 Å². The number of amides is 1. The van der Waals surface area contributed by atoms with Crippen molar-refractivity contribution in [2.24, 2.45) is 0 Å². The third-order valence-corrected chi connectivity index (χ3v) is 3.79. The van der Waals surface area contributed by atoms with Gasteiger partial charge in [-0.3, -0.25) is 9.59 Å². The number of nitrogens with zero attached hydrogens (tertiary/aromatic N) is 3. The molecule has 0 aliphatic heterocycles. The molecule has 2 aromatic rings. The Bertz CT molecular complexity index is 802. The summed E-state index contributed by atoms with van der Waals surface area (Å²) >= 11 is 0. The Morgan fingerprint density at radius 3 is 1.96 bits per heavy atom. The summed E-state index contributed by atoms with van der Waals surface area (Å²) in [4.78, 5) is 30.1. The summed E-state index contributed by atoms with van der Waals surface area (Å²) in [6.07, 6.45) is 0. The van der Waals surface area contributed by atoms with Gasteiger partial charge in [0.1, 0.15) is 0 Å². The van der Waals surface area contributed by atoms with E-state index in [-0.39, 0.29) is 0 Å². The Hall–Kier alpha value is -3.04. The molecule has 0 N–H and O–H groups in total. The molecule has 5 nitrogen and oxygen atoms in total. The second-order valence-electron chi connectivity index (χ2n) is 6.69. The van der Waals surface area contributed by atoms with Gasteiger partial charge in [0.25, 0.3) is 5.78 Å². The highest BCUT2D eigenvalue weighted by Gasteiger charge is 2.39. The number of carbonyl (C=O) groups excluding carboxylic acids is 2. The number of rotatable bonds is 5. The van der Waals surface area contributed by atoms with Gasteiger partial charge >= 0.3 is 11.6 Å². The van der Waals surface area contributed by atoms with Crippen molar-refractivity contribution in [3.8, 4) is 0 Å². The van der Waals surface area contributed by atoms with Gasteiger partial charge in [-0.05, 0) is 26.3 Å². The summed E-state index contributed by atoms with van der Waals surface area (Å²) in [5, 5.41) is 0. The maximum absolute atomic E-state index is 13.0. The first-order valence-corrected chi connectivity index (χ1v) is 8.02. The van der Waals surface area contributed by atoms with Crippen LogP contribution in [0.5, 0.6) is 0 Å². The van der Waals surface area contributed by atoms with Crippen LogP contribution in [0, 0.1) is 0 Å². The molecule has 0 heterocycles. The van der Waals surface area contributed by atoms with E-state index in [4.69, 9.17) is 0 Å². The van der Waals surface area contributed by atoms with E-state index in [2.05, 4.69) is 4.79 Å². The second-order valence-corrected chi connectivity index (χ2v) is 6.69. The van der Waals surface area contributed by atoms with Crippen LogP contribution in [0.1, 0.15) is 36.7 Å². The number of benzene rings is 2. The van der Waals surface area contributed by atoms with Crippen molar-refractivity contribution in [1.29, 1.82) is 0 Å². The molecule has 0 aliphatic carbocycles. The molecule has 2 rings (SSSR count). The van der Waals surface area contributed by atoms with Crippen molar-refractivity contribution >= 4 is 17.4 Å². The molecule has 0 aromatic heterocycles. The quantitative estimate of drug-likeness (QED) is 0.276. The molecule has 5 heteroatoms. The minimum atomic E-state index is -0.604. The smallest absolute Gasteiger partial charge is 0.360 e. The molecular formula is C20H21N3O2. The fourth-order valence-corrected chi connectivity index (χ4v) is 2.42. The third-order valence-electron chi connectivity index (χ3n) is 3.79. The molecule has 0 fully saturated rings. The summed E-state index contributed by atoms with van der Waals surface area (Å²) in [6.45, 7) is 5.92. The van der Waals surface area contributed by atoms with E-state index in [0.29, 0.717) is 12.1 Å². The lowest BCUT2D eigenvalue weighted by atomic mass is 10.0. The Kier molecular flexibility index (Phi) is 5.63. The lowest BCUT2D eigenvalue weighted by molar-refractivity contribution is -0.133. The standard InChI is InChI=1S/C20H21N3O2/c1-20(2,3)23(14-15-10-6-4-7-11-15)19(25)17(22-21)18(24)16-12-8-5-9-13-16/h4-13H,14H2,1-3H3. The van der Waals surface area contributed by atoms with Crippen molar-refractivity contribution in [3.63, 3.8) is 0 Å². The summed E-state index contributed by atoms with van der Waals surface area (Å²) < 4.78 is 0. The molecule has 0 saturated carbocycles. The van der Waals surface area contributed by atoms with Crippen LogP contribution in [0.3, 0.4) is 0 Å². The van der Waals surface area contributed by atoms with Crippen LogP contribution in [0.25, 0.3) is 5.53 Å². The average molecular weight is 335 g/mol. The maximum atomic E-state index is 13.0. The lowest BCUT2D eigenvalue weighted by Crippen LogP contribution is -2.50. The van der Waals surface area contributed by atoms with Crippen molar-refractivity contribution in [2.45, 2.75) is 32.9 Å². The van der Waals surface area contributed by atoms with Crippen LogP contribution < -0.4 is 0 Å². The molecule has 25 heavy (non-hydrogen) atoms. The zero-order valence-corrected chi connectivity index (χ0v) is 14.6. The average Bonchev–Trinajstić information content (AvgIpc) is 2.60. The van der Waals surface area contributed by atoms with Crippen molar-refractivity contribution in [1.82, 2.24) is 4.90 Å². The SMILES string of the molecule is CC(C)(C)N(Cc1ccccc1)C(=O)C(=[N+]=[N-])C(=O)c1ccccc1. The summed E-state index contributed by atoms with van der Waals surface area (Å²) in [6, 6.07) is 17.8. The van der Waals surface area contributed by atoms with Crippen LogP contribution in [0.2, 0.25) is 0 Å². The zero-order chi connectivity index (χ0) is 18.4. The fourth-order valence-electron chi connectivity index (χ4n) is 2.42. The van der Waals surface area contributed by atoms with Gasteiger partial charge in [-0.1, -0.05) is 60.7 Å². The van der Waals surface area contributed by atoms with Gasteiger partial charge in [0.2, 0.25) is 0 Å². The van der Waals surface area contributed by atoms with Gasteiger partial charge in [0.05, 0.1) is 0 Å². The first-order chi connectivity index (χ1) is 11.8. The van der Waals surface area contributed by atoms with Gasteiger partial charge in [-0.15, -0.1) is 0 Å². The Morgan fingerprint density at radius 1 is 0.960 bits per heavy atom. The van der Waals surface area contributed by atoms with Gasteiger partial charge in [0.15, 0.2) is 0 Å². The van der Waals surface area contributed by atoms with Crippen LogP contribution in [0.4, 0.5) is 0 Å². The molecular weight excluding hydrogens is 314 g/mol. The predicted octanol–water partition coefficient (Wildman–Crippen LogP) is 3.37. The van der Waals surface area contributed by atoms with E-state index in [9.17, 15) is 15.1 Å². The van der Waals surface area contributed by atoms with Gasteiger partial charge in [0, 0.05) is 17.6 Å². The van der Waals surface area contributed by atoms with E-state index in [0.717, 1.165) is 5.56 Å². The summed E-state index contributed by atoms with van der Waals surface area (Å²) in [7, 11) is 0. The molecule has 128 valence electrons. The van der Waals surface area contributed by atoms with Crippen LogP contribution in [-0.2, 0) is 11.3 Å². The van der Waals surface area contributed by atoms with E-state index in [1.807, 2.05) is 51.1 Å². The van der Waals surface area contributed by atoms with Gasteiger partial charge in [-0.25, -0.2) is 0 Å². The molecule has 2 aromatic carbocycles. The molecule has 0 spiro atoms. The number of ketones is 1. The minimum absolute atomic E-state index is 0.303. The molecule has 0 radical (unpaired) electrons. The Labute approximate surface area is 147 Å². The van der Waals surface area contributed by atoms with Crippen LogP contribution in [-0.4, -0.2) is 32.6 Å². The molecule has 0 bridgehead atoms. The molecule has 0 saturated heterocycles. The first-order valence-electron chi connectivity index (χ1n) is 8.02. The highest BCUT2D eigenvalue weighted by molar-refractivity contribution is 6.66. The molecule has 1 amide bonds. The zero-order valence-electron chi connectivity index (χ0n) is 14.6. The van der Waals surface area contributed by atoms with Crippen LogP contribution >= 0.6 is 0 Å². The van der Waals surface area contributed by atoms with E-state index < -0.39 is 22.9 Å². The largest absolute Gasteiger partial charge is 0.426 e. The number of hydrogen-bond acceptors (Lipinski definition) is 2. The highest BCUT2D eigenvalue weighted by atomic mass is 16.2. The molecule has 0 unspecified atom stereocenters. The van der Waals surface area contributed by atoms with E-state index in [1.54, 1.807) is 30.3 Å². The second kappa shape index (κ2) is 7.69. The fraction of sp³-hybridized carbons (Fsp3) is 0.250. The molecule has 0 aliphatic rings. The third kappa shape index (κ3) is 4.49. The Morgan fingerprint density at radius 2 is 1.48 bits per heavy atom. The van der Waals surface area contributed by atoms with Crippen LogP contribution in [0.15, 0.2) is 60.7 Å². The minimum Gasteiger partial charge on any atom is -0.360 e. The summed E-state index contributed by atoms with van der Waals surface area (Å²) in [5.74, 6) is -1.21. The van der Waals surface area contributed by atoms with Gasteiger partial charge in [-0.2, -0.15) is 4.79 Å². The highest BCUT2D eigenvalue weighted by Crippen LogP contribution is 2.18. The van der Waals surface area contributed by atoms with Gasteiger partial charge < -0.3 is 10.4 Å². The van der Waals surface area contributed by atoms with Crippen molar-refractivity contribution in [2.75, 3.05) is 0 Å². The van der Waals surface area contributed by atoms with E-state index >= 15 is 0 Å². The topological polar surface area (TPSA) is 73.8 Å². The van der Waals surface area contributed by atoms with E-state index in [1.165, 1.54) is 4.90 Å². The first kappa shape index (κ1) is 18.3. The number of Topliss-reactive ketones (excluding diaryl/α,β-unsaturated/α-hetero) is 1. The predicted molar refractivity (Wildman–Crippen MR) is 96.1 cm³/mol. The normalized spacial score (nSPS) is 10.7. The Balaban J connectivity index is 2.34. The van der Waals surface area contributed by atoms with Crippen molar-refractivity contribution < 1.29 is 14.4 Å².